The number of rotatable bonds is 6. The van der Waals surface area contributed by atoms with E-state index in [2.05, 4.69) is 0 Å². The number of primary sulfonamides is 1. The fourth-order valence-electron chi connectivity index (χ4n) is 3.44. The summed E-state index contributed by atoms with van der Waals surface area (Å²) in [5, 5.41) is 5.17. The standard InChI is InChI=1S/C24H24N4O5S/c1-15-20(9-4-6-16-10-12-17(13-11-16)27(2)3)23(30)28(24(31)21(15)22(25)29)18-7-5-8-19(14-18)34(26,32)33/h4-14H,1-3H3,(H2,25,29)(H2,26,32,33)/b6-4?,20-9-. The number of benzene rings is 2. The highest BCUT2D eigenvalue weighted by Crippen LogP contribution is 2.30. The molecule has 0 spiro atoms. The molecule has 4 N–H and O–H groups in total. The van der Waals surface area contributed by atoms with Gasteiger partial charge in [-0.3, -0.25) is 14.4 Å². The molecule has 176 valence electrons. The van der Waals surface area contributed by atoms with Gasteiger partial charge in [0.05, 0.1) is 10.6 Å². The maximum Gasteiger partial charge on any atom is 0.271 e. The summed E-state index contributed by atoms with van der Waals surface area (Å²) in [6, 6.07) is 12.7. The molecule has 1 aliphatic heterocycles. The summed E-state index contributed by atoms with van der Waals surface area (Å²) < 4.78 is 23.5. The minimum Gasteiger partial charge on any atom is -0.378 e. The van der Waals surface area contributed by atoms with Gasteiger partial charge in [0.2, 0.25) is 10.0 Å². The maximum absolute atomic E-state index is 13.3. The summed E-state index contributed by atoms with van der Waals surface area (Å²) >= 11 is 0. The van der Waals surface area contributed by atoms with Crippen molar-refractivity contribution in [3.8, 4) is 0 Å². The Kier molecular flexibility index (Phi) is 6.85. The van der Waals surface area contributed by atoms with Crippen molar-refractivity contribution in [1.82, 2.24) is 0 Å². The average molecular weight is 481 g/mol. The van der Waals surface area contributed by atoms with Gasteiger partial charge in [0, 0.05) is 25.4 Å². The Balaban J connectivity index is 2.06. The van der Waals surface area contributed by atoms with Crippen molar-refractivity contribution in [3.63, 3.8) is 0 Å². The van der Waals surface area contributed by atoms with Crippen molar-refractivity contribution in [1.29, 1.82) is 0 Å². The van der Waals surface area contributed by atoms with Crippen LogP contribution < -0.4 is 20.7 Å². The van der Waals surface area contributed by atoms with Crippen LogP contribution in [-0.2, 0) is 24.4 Å². The smallest absolute Gasteiger partial charge is 0.271 e. The lowest BCUT2D eigenvalue weighted by molar-refractivity contribution is -0.125. The predicted molar refractivity (Wildman–Crippen MR) is 130 cm³/mol. The first-order valence-corrected chi connectivity index (χ1v) is 11.6. The molecule has 3 rings (SSSR count). The lowest BCUT2D eigenvalue weighted by Gasteiger charge is -2.28. The first-order valence-electron chi connectivity index (χ1n) is 10.1. The number of nitrogens with zero attached hydrogens (tertiary/aromatic N) is 2. The van der Waals surface area contributed by atoms with Crippen molar-refractivity contribution in [2.45, 2.75) is 11.8 Å². The van der Waals surface area contributed by atoms with Crippen molar-refractivity contribution in [2.24, 2.45) is 10.9 Å². The van der Waals surface area contributed by atoms with Crippen molar-refractivity contribution in [3.05, 3.63) is 83.0 Å². The number of carbonyl (C=O) groups excluding carboxylic acids is 3. The van der Waals surface area contributed by atoms with Crippen molar-refractivity contribution in [2.75, 3.05) is 23.9 Å². The second kappa shape index (κ2) is 9.46. The molecule has 0 fully saturated rings. The Morgan fingerprint density at radius 1 is 1.03 bits per heavy atom. The van der Waals surface area contributed by atoms with E-state index in [4.69, 9.17) is 10.9 Å². The van der Waals surface area contributed by atoms with E-state index in [1.807, 2.05) is 43.3 Å². The molecule has 0 saturated carbocycles. The number of carbonyl (C=O) groups is 3. The van der Waals surface area contributed by atoms with Gasteiger partial charge in [-0.05, 0) is 54.5 Å². The third kappa shape index (κ3) is 4.98. The van der Waals surface area contributed by atoms with Gasteiger partial charge >= 0.3 is 0 Å². The summed E-state index contributed by atoms with van der Waals surface area (Å²) in [4.78, 5) is 40.7. The number of nitrogens with two attached hydrogens (primary N) is 2. The Morgan fingerprint density at radius 3 is 2.24 bits per heavy atom. The molecule has 1 aliphatic rings. The van der Waals surface area contributed by atoms with Gasteiger partial charge in [-0.25, -0.2) is 18.5 Å². The minimum absolute atomic E-state index is 0.0538. The third-order valence-corrected chi connectivity index (χ3v) is 6.15. The molecule has 9 nitrogen and oxygen atoms in total. The highest BCUT2D eigenvalue weighted by atomic mass is 32.2. The number of primary amides is 1. The summed E-state index contributed by atoms with van der Waals surface area (Å²) in [5.41, 5.74) is 7.11. The first kappa shape index (κ1) is 24.6. The number of amides is 3. The van der Waals surface area contributed by atoms with Crippen LogP contribution >= 0.6 is 0 Å². The molecular formula is C24H24N4O5S. The molecule has 0 radical (unpaired) electrons. The Morgan fingerprint density at radius 2 is 1.68 bits per heavy atom. The average Bonchev–Trinajstić information content (AvgIpc) is 2.75. The van der Waals surface area contributed by atoms with Crippen LogP contribution in [0.3, 0.4) is 0 Å². The molecule has 0 bridgehead atoms. The summed E-state index contributed by atoms with van der Waals surface area (Å²) in [7, 11) is -0.225. The monoisotopic (exact) mass is 480 g/mol. The normalized spacial score (nSPS) is 16.0. The summed E-state index contributed by atoms with van der Waals surface area (Å²) in [6.07, 6.45) is 4.86. The zero-order chi connectivity index (χ0) is 25.2. The Hall–Kier alpha value is -4.02. The van der Waals surface area contributed by atoms with E-state index in [9.17, 15) is 22.8 Å². The summed E-state index contributed by atoms with van der Waals surface area (Å²) in [6.45, 7) is 1.46. The molecule has 0 atom stereocenters. The first-order chi connectivity index (χ1) is 15.9. The molecule has 1 heterocycles. The zero-order valence-corrected chi connectivity index (χ0v) is 19.7. The van der Waals surface area contributed by atoms with Crippen LogP contribution in [0.1, 0.15) is 12.5 Å². The molecule has 0 aliphatic carbocycles. The van der Waals surface area contributed by atoms with Crippen LogP contribution in [0.15, 0.2) is 82.3 Å². The number of allylic oxidation sites excluding steroid dienone is 2. The topological polar surface area (TPSA) is 144 Å². The van der Waals surface area contributed by atoms with Gasteiger partial charge < -0.3 is 10.6 Å². The fourth-order valence-corrected chi connectivity index (χ4v) is 3.99. The second-order valence-electron chi connectivity index (χ2n) is 7.78. The molecular weight excluding hydrogens is 456 g/mol. The van der Waals surface area contributed by atoms with E-state index in [0.29, 0.717) is 4.90 Å². The van der Waals surface area contributed by atoms with Crippen LogP contribution in [0, 0.1) is 0 Å². The molecule has 2 aromatic carbocycles. The zero-order valence-electron chi connectivity index (χ0n) is 18.8. The molecule has 0 saturated heterocycles. The molecule has 3 amide bonds. The minimum atomic E-state index is -4.09. The van der Waals surface area contributed by atoms with E-state index >= 15 is 0 Å². The second-order valence-corrected chi connectivity index (χ2v) is 9.34. The van der Waals surface area contributed by atoms with Crippen molar-refractivity contribution < 1.29 is 22.8 Å². The number of hydrogen-bond acceptors (Lipinski definition) is 6. The molecule has 0 aromatic heterocycles. The van der Waals surface area contributed by atoms with E-state index in [-0.39, 0.29) is 27.3 Å². The molecule has 10 heteroatoms. The number of anilines is 2. The van der Waals surface area contributed by atoms with Crippen LogP contribution in [0.2, 0.25) is 0 Å². The highest BCUT2D eigenvalue weighted by molar-refractivity contribution is 7.89. The van der Waals surface area contributed by atoms with Crippen molar-refractivity contribution >= 4 is 45.2 Å². The van der Waals surface area contributed by atoms with Gasteiger partial charge in [-0.15, -0.1) is 0 Å². The van der Waals surface area contributed by atoms with Gasteiger partial charge in [0.1, 0.15) is 5.57 Å². The quantitative estimate of drug-likeness (QED) is 0.366. The summed E-state index contributed by atoms with van der Waals surface area (Å²) in [5.74, 6) is -2.68. The van der Waals surface area contributed by atoms with Gasteiger partial charge in [-0.1, -0.05) is 30.4 Å². The van der Waals surface area contributed by atoms with E-state index in [1.54, 1.807) is 12.2 Å². The SMILES string of the molecule is CC1=C(C(N)=O)C(=O)N(c2cccc(S(N)(=O)=O)c2)C(=O)/C1=C\C=Cc1ccc(N(C)C)cc1. The molecule has 2 aromatic rings. The fraction of sp³-hybridized carbons (Fsp3) is 0.125. The highest BCUT2D eigenvalue weighted by Gasteiger charge is 2.38. The Labute approximate surface area is 197 Å². The van der Waals surface area contributed by atoms with E-state index in [1.165, 1.54) is 31.2 Å². The van der Waals surface area contributed by atoms with Gasteiger partial charge in [-0.2, -0.15) is 0 Å². The van der Waals surface area contributed by atoms with Crippen LogP contribution in [-0.4, -0.2) is 40.2 Å². The number of imide groups is 1. The van der Waals surface area contributed by atoms with Crippen LogP contribution in [0.4, 0.5) is 11.4 Å². The molecule has 34 heavy (non-hydrogen) atoms. The Bertz CT molecular complexity index is 1370. The number of sulfonamides is 1. The third-order valence-electron chi connectivity index (χ3n) is 5.24. The lowest BCUT2D eigenvalue weighted by Crippen LogP contribution is -2.46. The van der Waals surface area contributed by atoms with Crippen LogP contribution in [0.5, 0.6) is 0 Å². The number of hydrogen-bond donors (Lipinski definition) is 2. The van der Waals surface area contributed by atoms with E-state index < -0.39 is 27.7 Å². The van der Waals surface area contributed by atoms with E-state index in [0.717, 1.165) is 17.3 Å². The van der Waals surface area contributed by atoms with Gasteiger partial charge in [0.25, 0.3) is 17.7 Å². The van der Waals surface area contributed by atoms with Gasteiger partial charge in [0.15, 0.2) is 0 Å². The lowest BCUT2D eigenvalue weighted by atomic mass is 9.93. The predicted octanol–water partition coefficient (Wildman–Crippen LogP) is 1.71. The molecule has 0 unspecified atom stereocenters. The van der Waals surface area contributed by atoms with Crippen LogP contribution in [0.25, 0.3) is 6.08 Å². The maximum atomic E-state index is 13.3. The largest absolute Gasteiger partial charge is 0.378 e.